The van der Waals surface area contributed by atoms with Crippen molar-refractivity contribution in [3.05, 3.63) is 30.1 Å². The molecule has 0 radical (unpaired) electrons. The van der Waals surface area contributed by atoms with Crippen LogP contribution < -0.4 is 5.32 Å². The molecule has 0 saturated carbocycles. The number of hydrogen-bond acceptors (Lipinski definition) is 6. The van der Waals surface area contributed by atoms with Crippen LogP contribution in [0.1, 0.15) is 13.8 Å². The third-order valence-electron chi connectivity index (χ3n) is 2.41. The molecule has 0 bridgehead atoms. The topological polar surface area (TPSA) is 54.9 Å². The highest BCUT2D eigenvalue weighted by molar-refractivity contribution is 8.03. The first kappa shape index (κ1) is 16.3. The summed E-state index contributed by atoms with van der Waals surface area (Å²) in [6.45, 7) is 3.86. The smallest absolute Gasteiger partial charge is 0.237 e. The molecule has 4 nitrogen and oxygen atoms in total. The monoisotopic (exact) mass is 343 g/mol. The molecule has 112 valence electrons. The van der Waals surface area contributed by atoms with Crippen molar-refractivity contribution in [3.8, 4) is 0 Å². The zero-order chi connectivity index (χ0) is 15.2. The van der Waals surface area contributed by atoms with E-state index in [1.165, 1.54) is 47.4 Å². The van der Waals surface area contributed by atoms with Crippen LogP contribution in [0.4, 0.5) is 10.1 Å². The van der Waals surface area contributed by atoms with Crippen molar-refractivity contribution in [3.63, 3.8) is 0 Å². The van der Waals surface area contributed by atoms with Gasteiger partial charge in [0.25, 0.3) is 0 Å². The van der Waals surface area contributed by atoms with E-state index in [0.29, 0.717) is 5.69 Å². The van der Waals surface area contributed by atoms with Gasteiger partial charge in [0, 0.05) is 5.69 Å². The molecule has 2 aromatic rings. The van der Waals surface area contributed by atoms with Crippen molar-refractivity contribution >= 4 is 46.5 Å². The number of thioether (sulfide) groups is 2. The minimum Gasteiger partial charge on any atom is -0.325 e. The van der Waals surface area contributed by atoms with Crippen molar-refractivity contribution in [1.82, 2.24) is 10.2 Å². The van der Waals surface area contributed by atoms with Crippen LogP contribution in [0, 0.1) is 5.82 Å². The Labute approximate surface area is 134 Å². The van der Waals surface area contributed by atoms with Crippen molar-refractivity contribution in [2.45, 2.75) is 27.8 Å². The van der Waals surface area contributed by atoms with Crippen LogP contribution in [0.15, 0.2) is 32.9 Å². The number of halogens is 1. The molecule has 0 aliphatic heterocycles. The van der Waals surface area contributed by atoms with Gasteiger partial charge in [-0.3, -0.25) is 4.79 Å². The maximum absolute atomic E-state index is 12.8. The van der Waals surface area contributed by atoms with Crippen molar-refractivity contribution < 1.29 is 9.18 Å². The van der Waals surface area contributed by atoms with Gasteiger partial charge in [-0.2, -0.15) is 0 Å². The number of benzene rings is 1. The number of rotatable bonds is 6. The summed E-state index contributed by atoms with van der Waals surface area (Å²) in [5.41, 5.74) is 0.577. The van der Waals surface area contributed by atoms with E-state index in [1.807, 2.05) is 0 Å². The number of carbonyl (C=O) groups is 1. The molecule has 2 rings (SSSR count). The summed E-state index contributed by atoms with van der Waals surface area (Å²) >= 11 is 4.48. The van der Waals surface area contributed by atoms with Gasteiger partial charge in [-0.25, -0.2) is 4.39 Å². The molecule has 1 aromatic heterocycles. The molecule has 1 amide bonds. The summed E-state index contributed by atoms with van der Waals surface area (Å²) < 4.78 is 14.5. The van der Waals surface area contributed by atoms with E-state index in [-0.39, 0.29) is 17.0 Å². The Kier molecular flexibility index (Phi) is 6.01. The Morgan fingerprint density at radius 1 is 1.33 bits per heavy atom. The van der Waals surface area contributed by atoms with E-state index in [4.69, 9.17) is 0 Å². The number of nitrogens with one attached hydrogen (secondary N) is 1. The third kappa shape index (κ3) is 4.98. The SMILES string of the molecule is CCSc1nnc(S[C@H](C)C(=O)Nc2ccc(F)cc2)s1. The molecule has 1 heterocycles. The molecule has 1 N–H and O–H groups in total. The van der Waals surface area contributed by atoms with Gasteiger partial charge in [0.1, 0.15) is 5.82 Å². The van der Waals surface area contributed by atoms with E-state index >= 15 is 0 Å². The summed E-state index contributed by atoms with van der Waals surface area (Å²) in [7, 11) is 0. The van der Waals surface area contributed by atoms with Gasteiger partial charge in [-0.1, -0.05) is 41.8 Å². The lowest BCUT2D eigenvalue weighted by Gasteiger charge is -2.10. The van der Waals surface area contributed by atoms with Crippen molar-refractivity contribution in [2.24, 2.45) is 0 Å². The highest BCUT2D eigenvalue weighted by Crippen LogP contribution is 2.31. The number of nitrogens with zero attached hydrogens (tertiary/aromatic N) is 2. The quantitative estimate of drug-likeness (QED) is 0.806. The maximum atomic E-state index is 12.8. The Balaban J connectivity index is 1.90. The molecule has 8 heteroatoms. The lowest BCUT2D eigenvalue weighted by Crippen LogP contribution is -2.22. The second-order valence-electron chi connectivity index (χ2n) is 4.02. The summed E-state index contributed by atoms with van der Waals surface area (Å²) in [6.07, 6.45) is 0. The largest absolute Gasteiger partial charge is 0.325 e. The van der Waals surface area contributed by atoms with Crippen LogP contribution >= 0.6 is 34.9 Å². The zero-order valence-electron chi connectivity index (χ0n) is 11.5. The van der Waals surface area contributed by atoms with Gasteiger partial charge in [0.2, 0.25) is 5.91 Å². The number of hydrogen-bond donors (Lipinski definition) is 1. The molecule has 0 unspecified atom stereocenters. The summed E-state index contributed by atoms with van der Waals surface area (Å²) in [4.78, 5) is 12.1. The average molecular weight is 343 g/mol. The lowest BCUT2D eigenvalue weighted by atomic mass is 10.3. The first-order chi connectivity index (χ1) is 10.1. The first-order valence-corrected chi connectivity index (χ1v) is 8.96. The molecule has 0 aliphatic carbocycles. The van der Waals surface area contributed by atoms with E-state index in [0.717, 1.165) is 14.4 Å². The van der Waals surface area contributed by atoms with E-state index in [1.54, 1.807) is 18.7 Å². The molecule has 0 aliphatic rings. The number of anilines is 1. The second kappa shape index (κ2) is 7.77. The van der Waals surface area contributed by atoms with Crippen molar-refractivity contribution in [2.75, 3.05) is 11.1 Å². The fraction of sp³-hybridized carbons (Fsp3) is 0.308. The molecular weight excluding hydrogens is 329 g/mol. The van der Waals surface area contributed by atoms with Crippen LogP contribution in [0.3, 0.4) is 0 Å². The van der Waals surface area contributed by atoms with Gasteiger partial charge in [-0.15, -0.1) is 10.2 Å². The van der Waals surface area contributed by atoms with Crippen LogP contribution in [-0.4, -0.2) is 27.1 Å². The van der Waals surface area contributed by atoms with E-state index < -0.39 is 0 Å². The predicted molar refractivity (Wildman–Crippen MR) is 86.7 cm³/mol. The predicted octanol–water partition coefficient (Wildman–Crippen LogP) is 3.91. The molecule has 0 fully saturated rings. The van der Waals surface area contributed by atoms with Gasteiger partial charge in [0.15, 0.2) is 8.68 Å². The Morgan fingerprint density at radius 2 is 2.00 bits per heavy atom. The van der Waals surface area contributed by atoms with Crippen molar-refractivity contribution in [1.29, 1.82) is 0 Å². The number of carbonyl (C=O) groups excluding carboxylic acids is 1. The minimum absolute atomic E-state index is 0.147. The zero-order valence-corrected chi connectivity index (χ0v) is 13.9. The van der Waals surface area contributed by atoms with Gasteiger partial charge in [-0.05, 0) is 36.9 Å². The Morgan fingerprint density at radius 3 is 2.67 bits per heavy atom. The Bertz CT molecular complexity index is 603. The molecule has 0 saturated heterocycles. The average Bonchev–Trinajstić information content (AvgIpc) is 2.89. The molecular formula is C13H14FN3OS3. The van der Waals surface area contributed by atoms with Crippen LogP contribution in [-0.2, 0) is 4.79 Å². The fourth-order valence-electron chi connectivity index (χ4n) is 1.41. The van der Waals surface area contributed by atoms with Crippen LogP contribution in [0.5, 0.6) is 0 Å². The fourth-order valence-corrected chi connectivity index (χ4v) is 4.47. The normalized spacial score (nSPS) is 12.1. The van der Waals surface area contributed by atoms with Gasteiger partial charge >= 0.3 is 0 Å². The summed E-state index contributed by atoms with van der Waals surface area (Å²) in [6, 6.07) is 5.69. The standard InChI is InChI=1S/C13H14FN3OS3/c1-3-19-12-16-17-13(21-12)20-8(2)11(18)15-10-6-4-9(14)5-7-10/h4-8H,3H2,1-2H3,(H,15,18)/t8-/m1/s1. The number of amides is 1. The van der Waals surface area contributed by atoms with Crippen LogP contribution in [0.2, 0.25) is 0 Å². The lowest BCUT2D eigenvalue weighted by molar-refractivity contribution is -0.115. The molecule has 1 atom stereocenters. The highest BCUT2D eigenvalue weighted by atomic mass is 32.2. The minimum atomic E-state index is -0.328. The van der Waals surface area contributed by atoms with E-state index in [9.17, 15) is 9.18 Å². The van der Waals surface area contributed by atoms with Gasteiger partial charge < -0.3 is 5.32 Å². The third-order valence-corrected chi connectivity index (χ3v) is 5.54. The number of aromatic nitrogens is 2. The Hall–Kier alpha value is -1.12. The molecule has 21 heavy (non-hydrogen) atoms. The summed E-state index contributed by atoms with van der Waals surface area (Å²) in [5, 5.41) is 10.5. The molecule has 1 aromatic carbocycles. The van der Waals surface area contributed by atoms with Crippen LogP contribution in [0.25, 0.3) is 0 Å². The molecule has 0 spiro atoms. The highest BCUT2D eigenvalue weighted by Gasteiger charge is 2.17. The van der Waals surface area contributed by atoms with E-state index in [2.05, 4.69) is 22.4 Å². The van der Waals surface area contributed by atoms with Gasteiger partial charge in [0.05, 0.1) is 5.25 Å². The second-order valence-corrected chi connectivity index (χ2v) is 8.10. The summed E-state index contributed by atoms with van der Waals surface area (Å²) in [5.74, 6) is 0.469. The first-order valence-electron chi connectivity index (χ1n) is 6.28. The maximum Gasteiger partial charge on any atom is 0.237 e.